The van der Waals surface area contributed by atoms with Gasteiger partial charge in [-0.05, 0) is 64.0 Å². The van der Waals surface area contributed by atoms with Crippen LogP contribution in [0.4, 0.5) is 0 Å². The van der Waals surface area contributed by atoms with E-state index in [9.17, 15) is 0 Å². The van der Waals surface area contributed by atoms with Crippen molar-refractivity contribution >= 4 is 5.52 Å². The summed E-state index contributed by atoms with van der Waals surface area (Å²) in [6.07, 6.45) is 8.83. The quantitative estimate of drug-likeness (QED) is 0.751. The van der Waals surface area contributed by atoms with Crippen molar-refractivity contribution in [3.05, 3.63) is 35.7 Å². The molecule has 1 saturated heterocycles. The largest absolute Gasteiger partial charge is 0.352 e. The Hall–Kier alpha value is -1.39. The molecular weight excluding hydrogens is 324 g/mol. The summed E-state index contributed by atoms with van der Waals surface area (Å²) in [6.45, 7) is 11.8. The number of hydrogen-bond donors (Lipinski definition) is 0. The molecule has 2 aliphatic rings. The van der Waals surface area contributed by atoms with Crippen LogP contribution >= 0.6 is 0 Å². The molecule has 0 aromatic carbocycles. The number of rotatable bonds is 2. The SMILES string of the molecule is Cc1ccc2c(C3CCC(C4OCC(C)(C)C(C)(C)O4)CC3)cnn2c1. The van der Waals surface area contributed by atoms with Gasteiger partial charge in [0.05, 0.1) is 23.9 Å². The zero-order valence-electron chi connectivity index (χ0n) is 16.8. The van der Waals surface area contributed by atoms with Gasteiger partial charge in [-0.25, -0.2) is 4.52 Å². The molecule has 2 aromatic heterocycles. The normalized spacial score (nSPS) is 31.2. The average molecular weight is 357 g/mol. The number of hydrogen-bond acceptors (Lipinski definition) is 3. The van der Waals surface area contributed by atoms with E-state index >= 15 is 0 Å². The van der Waals surface area contributed by atoms with E-state index in [-0.39, 0.29) is 17.3 Å². The molecule has 1 saturated carbocycles. The molecule has 26 heavy (non-hydrogen) atoms. The van der Waals surface area contributed by atoms with Crippen LogP contribution < -0.4 is 0 Å². The first-order valence-electron chi connectivity index (χ1n) is 10.0. The van der Waals surface area contributed by atoms with Gasteiger partial charge in [-0.2, -0.15) is 5.10 Å². The maximum atomic E-state index is 6.40. The Kier molecular flexibility index (Phi) is 4.39. The van der Waals surface area contributed by atoms with Crippen molar-refractivity contribution in [2.24, 2.45) is 11.3 Å². The molecule has 1 unspecified atom stereocenters. The van der Waals surface area contributed by atoms with Crippen molar-refractivity contribution in [1.82, 2.24) is 9.61 Å². The number of aromatic nitrogens is 2. The van der Waals surface area contributed by atoms with E-state index in [4.69, 9.17) is 9.47 Å². The zero-order valence-corrected chi connectivity index (χ0v) is 16.8. The minimum absolute atomic E-state index is 0.0504. The molecule has 0 N–H and O–H groups in total. The van der Waals surface area contributed by atoms with Crippen LogP contribution in [0, 0.1) is 18.3 Å². The average Bonchev–Trinajstić information content (AvgIpc) is 3.00. The van der Waals surface area contributed by atoms with Gasteiger partial charge in [0.2, 0.25) is 0 Å². The number of aryl methyl sites for hydroxylation is 1. The lowest BCUT2D eigenvalue weighted by atomic mass is 9.75. The number of nitrogens with zero attached hydrogens (tertiary/aromatic N) is 2. The summed E-state index contributed by atoms with van der Waals surface area (Å²) in [7, 11) is 0. The zero-order chi connectivity index (χ0) is 18.5. The highest BCUT2D eigenvalue weighted by atomic mass is 16.7. The highest BCUT2D eigenvalue weighted by Gasteiger charge is 2.46. The lowest BCUT2D eigenvalue weighted by Crippen LogP contribution is -2.54. The van der Waals surface area contributed by atoms with E-state index in [0.717, 1.165) is 19.4 Å². The molecule has 1 aliphatic carbocycles. The van der Waals surface area contributed by atoms with Gasteiger partial charge < -0.3 is 9.47 Å². The number of fused-ring (bicyclic) bond motifs is 1. The second kappa shape index (κ2) is 6.35. The first-order valence-corrected chi connectivity index (χ1v) is 10.0. The molecule has 4 rings (SSSR count). The monoisotopic (exact) mass is 356 g/mol. The van der Waals surface area contributed by atoms with Gasteiger partial charge in [0.25, 0.3) is 0 Å². The fourth-order valence-electron chi connectivity index (χ4n) is 4.30. The maximum Gasteiger partial charge on any atom is 0.161 e. The van der Waals surface area contributed by atoms with Crippen molar-refractivity contribution in [2.75, 3.05) is 6.61 Å². The minimum atomic E-state index is -0.146. The molecule has 1 atom stereocenters. The van der Waals surface area contributed by atoms with Gasteiger partial charge in [-0.3, -0.25) is 0 Å². The van der Waals surface area contributed by atoms with Gasteiger partial charge in [-0.1, -0.05) is 19.9 Å². The highest BCUT2D eigenvalue weighted by Crippen LogP contribution is 2.45. The van der Waals surface area contributed by atoms with Gasteiger partial charge in [0, 0.05) is 23.1 Å². The lowest BCUT2D eigenvalue weighted by molar-refractivity contribution is -0.313. The highest BCUT2D eigenvalue weighted by molar-refractivity contribution is 5.55. The molecule has 2 fully saturated rings. The molecular formula is C22H32N2O2. The Bertz CT molecular complexity index is 785. The van der Waals surface area contributed by atoms with E-state index in [1.165, 1.54) is 29.5 Å². The van der Waals surface area contributed by atoms with Gasteiger partial charge >= 0.3 is 0 Å². The van der Waals surface area contributed by atoms with Crippen LogP contribution in [0.3, 0.4) is 0 Å². The molecule has 0 amide bonds. The predicted molar refractivity (Wildman–Crippen MR) is 103 cm³/mol. The Labute approximate surface area is 156 Å². The van der Waals surface area contributed by atoms with Crippen LogP contribution in [0.2, 0.25) is 0 Å². The Morgan fingerprint density at radius 2 is 1.81 bits per heavy atom. The molecule has 1 aliphatic heterocycles. The maximum absolute atomic E-state index is 6.40. The van der Waals surface area contributed by atoms with Crippen LogP contribution in [0.25, 0.3) is 5.52 Å². The molecule has 4 heteroatoms. The van der Waals surface area contributed by atoms with Crippen molar-refractivity contribution in [3.63, 3.8) is 0 Å². The Balaban J connectivity index is 1.43. The summed E-state index contributed by atoms with van der Waals surface area (Å²) in [4.78, 5) is 0. The summed E-state index contributed by atoms with van der Waals surface area (Å²) in [5, 5.41) is 4.57. The first kappa shape index (κ1) is 18.0. The number of ether oxygens (including phenoxy) is 2. The van der Waals surface area contributed by atoms with Gasteiger partial charge in [0.1, 0.15) is 0 Å². The minimum Gasteiger partial charge on any atom is -0.352 e. The summed E-state index contributed by atoms with van der Waals surface area (Å²) < 4.78 is 14.6. The van der Waals surface area contributed by atoms with Crippen molar-refractivity contribution in [1.29, 1.82) is 0 Å². The summed E-state index contributed by atoms with van der Waals surface area (Å²) in [6, 6.07) is 4.39. The summed E-state index contributed by atoms with van der Waals surface area (Å²) in [5.74, 6) is 1.10. The van der Waals surface area contributed by atoms with E-state index in [1.54, 1.807) is 0 Å². The molecule has 3 heterocycles. The third kappa shape index (κ3) is 3.07. The smallest absolute Gasteiger partial charge is 0.161 e. The van der Waals surface area contributed by atoms with E-state index in [2.05, 4.69) is 64.2 Å². The van der Waals surface area contributed by atoms with Crippen LogP contribution in [-0.4, -0.2) is 28.1 Å². The second-order valence-corrected chi connectivity index (χ2v) is 9.44. The van der Waals surface area contributed by atoms with Gasteiger partial charge in [0.15, 0.2) is 6.29 Å². The van der Waals surface area contributed by atoms with Crippen LogP contribution in [0.15, 0.2) is 24.5 Å². The van der Waals surface area contributed by atoms with Gasteiger partial charge in [-0.15, -0.1) is 0 Å². The summed E-state index contributed by atoms with van der Waals surface area (Å²) >= 11 is 0. The van der Waals surface area contributed by atoms with E-state index in [0.29, 0.717) is 11.8 Å². The van der Waals surface area contributed by atoms with Crippen LogP contribution in [0.5, 0.6) is 0 Å². The molecule has 2 aromatic rings. The predicted octanol–water partition coefficient (Wildman–Crippen LogP) is 5.09. The van der Waals surface area contributed by atoms with Crippen LogP contribution in [0.1, 0.15) is 70.4 Å². The second-order valence-electron chi connectivity index (χ2n) is 9.44. The van der Waals surface area contributed by atoms with E-state index in [1.807, 2.05) is 4.52 Å². The Morgan fingerprint density at radius 3 is 2.50 bits per heavy atom. The van der Waals surface area contributed by atoms with Crippen molar-refractivity contribution in [2.45, 2.75) is 78.1 Å². The molecule has 0 bridgehead atoms. The molecule has 0 radical (unpaired) electrons. The molecule has 4 nitrogen and oxygen atoms in total. The number of pyridine rings is 1. The molecule has 142 valence electrons. The fourth-order valence-corrected chi connectivity index (χ4v) is 4.30. The third-order valence-corrected chi connectivity index (χ3v) is 6.94. The van der Waals surface area contributed by atoms with Crippen molar-refractivity contribution < 1.29 is 9.47 Å². The summed E-state index contributed by atoms with van der Waals surface area (Å²) in [5.41, 5.74) is 3.80. The Morgan fingerprint density at radius 1 is 1.08 bits per heavy atom. The molecule has 0 spiro atoms. The van der Waals surface area contributed by atoms with E-state index < -0.39 is 0 Å². The first-order chi connectivity index (χ1) is 12.3. The van der Waals surface area contributed by atoms with Crippen LogP contribution in [-0.2, 0) is 9.47 Å². The lowest BCUT2D eigenvalue weighted by Gasteiger charge is -2.50. The standard InChI is InChI=1S/C22H32N2O2/c1-15-6-11-19-18(12-23-24(19)13-15)16-7-9-17(10-8-16)20-25-14-21(2,3)22(4,5)26-20/h6,11-13,16-17,20H,7-10,14H2,1-5H3. The van der Waals surface area contributed by atoms with Crippen molar-refractivity contribution in [3.8, 4) is 0 Å². The third-order valence-electron chi connectivity index (χ3n) is 6.94. The topological polar surface area (TPSA) is 35.8 Å². The fraction of sp³-hybridized carbons (Fsp3) is 0.682.